The molecule has 2 aliphatic heterocycles. The van der Waals surface area contributed by atoms with Gasteiger partial charge in [-0.05, 0) is 94.4 Å². The highest BCUT2D eigenvalue weighted by atomic mass is 16.5. The van der Waals surface area contributed by atoms with Crippen LogP contribution in [0.15, 0.2) is 18.2 Å². The highest BCUT2D eigenvalue weighted by Gasteiger charge is 2.38. The number of aryl methyl sites for hydroxylation is 1. The number of aromatic nitrogens is 2. The number of amides is 1. The van der Waals surface area contributed by atoms with Gasteiger partial charge in [0.15, 0.2) is 0 Å². The maximum atomic E-state index is 12.9. The third kappa shape index (κ3) is 7.36. The van der Waals surface area contributed by atoms with Crippen molar-refractivity contribution in [2.45, 2.75) is 133 Å². The molecule has 1 aromatic carbocycles. The van der Waals surface area contributed by atoms with Crippen LogP contribution in [0.25, 0.3) is 11.1 Å². The third-order valence-corrected chi connectivity index (χ3v) is 8.48. The van der Waals surface area contributed by atoms with E-state index in [-0.39, 0.29) is 7.33 Å². The molecule has 0 unspecified atom stereocenters. The van der Waals surface area contributed by atoms with Crippen LogP contribution in [-0.4, -0.2) is 35.1 Å². The summed E-state index contributed by atoms with van der Waals surface area (Å²) in [4.78, 5) is 24.2. The Morgan fingerprint density at radius 3 is 2.21 bits per heavy atom. The maximum Gasteiger partial charge on any atom is 0.227 e. The van der Waals surface area contributed by atoms with Crippen molar-refractivity contribution in [3.8, 4) is 5.88 Å². The lowest BCUT2D eigenvalue weighted by Crippen LogP contribution is -2.35. The fraction of sp³-hybridized carbons (Fsp3) is 0.639. The summed E-state index contributed by atoms with van der Waals surface area (Å²) < 4.78 is 6.51. The summed E-state index contributed by atoms with van der Waals surface area (Å²) >= 11 is 0. The molecule has 1 saturated carbocycles. The summed E-state index contributed by atoms with van der Waals surface area (Å²) in [6.45, 7) is 23.3. The van der Waals surface area contributed by atoms with Crippen LogP contribution < -0.4 is 15.0 Å². The molecule has 0 bridgehead atoms. The first kappa shape index (κ1) is 35.3. The molecule has 6 nitrogen and oxygen atoms in total. The van der Waals surface area contributed by atoms with Crippen LogP contribution in [0.2, 0.25) is 0 Å². The largest absolute Gasteiger partial charge is 0.466 e. The van der Waals surface area contributed by atoms with Crippen molar-refractivity contribution >= 4 is 28.6 Å². The summed E-state index contributed by atoms with van der Waals surface area (Å²) in [5.41, 5.74) is 6.12. The monoisotopic (exact) mass is 580 g/mol. The summed E-state index contributed by atoms with van der Waals surface area (Å²) in [7, 11) is 1.88. The second-order valence-electron chi connectivity index (χ2n) is 11.2. The van der Waals surface area contributed by atoms with E-state index in [1.807, 2.05) is 60.4 Å². The van der Waals surface area contributed by atoms with Crippen molar-refractivity contribution < 1.29 is 11.0 Å². The minimum Gasteiger partial charge on any atom is -0.466 e. The van der Waals surface area contributed by atoms with Gasteiger partial charge in [-0.3, -0.25) is 4.79 Å². The predicted octanol–water partition coefficient (Wildman–Crippen LogP) is 10.1. The molecule has 1 N–H and O–H groups in total. The van der Waals surface area contributed by atoms with Gasteiger partial charge in [-0.25, -0.2) is 4.98 Å². The number of hydrogen-bond donors (Lipinski definition) is 1. The van der Waals surface area contributed by atoms with Crippen LogP contribution in [0.5, 0.6) is 5.88 Å². The number of carbonyl (C=O) groups excluding carboxylic acids is 1. The molecule has 3 heterocycles. The highest BCUT2D eigenvalue weighted by Crippen LogP contribution is 2.48. The summed E-state index contributed by atoms with van der Waals surface area (Å²) in [5.74, 6) is 3.69. The number of rotatable bonds is 5. The van der Waals surface area contributed by atoms with E-state index >= 15 is 0 Å². The summed E-state index contributed by atoms with van der Waals surface area (Å²) in [6.07, 6.45) is 7.81. The van der Waals surface area contributed by atoms with E-state index in [4.69, 9.17) is 4.74 Å². The Morgan fingerprint density at radius 1 is 1.02 bits per heavy atom. The van der Waals surface area contributed by atoms with Crippen LogP contribution in [0.3, 0.4) is 0 Å². The SMILES string of the molecule is CC.CC.CC.CCC1CCC(c2ccc(C3=C(C)c4c(NC)nc(C)nc4OC3(C)C)cc2N2CCCC2=O)CC1.[HH]. The number of nitrogens with zero attached hydrogens (tertiary/aromatic N) is 3. The first-order valence-corrected chi connectivity index (χ1v) is 16.6. The Kier molecular flexibility index (Phi) is 13.5. The van der Waals surface area contributed by atoms with Gasteiger partial charge in [-0.15, -0.1) is 0 Å². The van der Waals surface area contributed by atoms with Crippen LogP contribution in [-0.2, 0) is 4.79 Å². The maximum absolute atomic E-state index is 12.9. The van der Waals surface area contributed by atoms with E-state index < -0.39 is 5.60 Å². The molecule has 236 valence electrons. The van der Waals surface area contributed by atoms with E-state index in [0.717, 1.165) is 52.7 Å². The van der Waals surface area contributed by atoms with E-state index in [0.29, 0.717) is 24.0 Å². The fourth-order valence-corrected chi connectivity index (χ4v) is 6.64. The minimum atomic E-state index is -0.574. The van der Waals surface area contributed by atoms with Crippen molar-refractivity contribution in [3.05, 3.63) is 40.7 Å². The van der Waals surface area contributed by atoms with Gasteiger partial charge in [0.25, 0.3) is 0 Å². The van der Waals surface area contributed by atoms with E-state index in [1.54, 1.807) is 0 Å². The van der Waals surface area contributed by atoms with Crippen molar-refractivity contribution in [3.63, 3.8) is 0 Å². The van der Waals surface area contributed by atoms with Gasteiger partial charge >= 0.3 is 0 Å². The highest BCUT2D eigenvalue weighted by molar-refractivity contribution is 6.01. The molecule has 3 aliphatic rings. The van der Waals surface area contributed by atoms with Crippen molar-refractivity contribution in [1.82, 2.24) is 9.97 Å². The van der Waals surface area contributed by atoms with Crippen LogP contribution in [0.1, 0.15) is 144 Å². The Labute approximate surface area is 258 Å². The number of hydrogen-bond acceptors (Lipinski definition) is 5. The van der Waals surface area contributed by atoms with Crippen molar-refractivity contribution in [2.24, 2.45) is 5.92 Å². The molecule has 1 aliphatic carbocycles. The average Bonchev–Trinajstić information content (AvgIpc) is 3.44. The van der Waals surface area contributed by atoms with E-state index in [9.17, 15) is 4.79 Å². The van der Waals surface area contributed by atoms with Gasteiger partial charge in [-0.1, -0.05) is 67.0 Å². The molecule has 1 amide bonds. The van der Waals surface area contributed by atoms with Crippen LogP contribution in [0, 0.1) is 12.8 Å². The lowest BCUT2D eigenvalue weighted by atomic mass is 9.76. The predicted molar refractivity (Wildman–Crippen MR) is 183 cm³/mol. The first-order valence-electron chi connectivity index (χ1n) is 16.6. The fourth-order valence-electron chi connectivity index (χ4n) is 6.64. The second kappa shape index (κ2) is 16.1. The molecule has 2 aromatic rings. The molecule has 2 fully saturated rings. The van der Waals surface area contributed by atoms with Crippen molar-refractivity contribution in [2.75, 3.05) is 23.8 Å². The number of fused-ring (bicyclic) bond motifs is 1. The molecule has 0 radical (unpaired) electrons. The van der Waals surface area contributed by atoms with Crippen LogP contribution in [0.4, 0.5) is 11.5 Å². The molecule has 1 saturated heterocycles. The zero-order valence-corrected chi connectivity index (χ0v) is 28.7. The average molecular weight is 581 g/mol. The normalized spacial score (nSPS) is 20.6. The molecule has 1 aromatic heterocycles. The molecule has 6 heteroatoms. The Balaban J connectivity index is 0.00000124. The number of carbonyl (C=O) groups is 1. The molecule has 5 rings (SSSR count). The molecular formula is C36H60N4O2. The Bertz CT molecular complexity index is 1220. The lowest BCUT2D eigenvalue weighted by molar-refractivity contribution is -0.117. The van der Waals surface area contributed by atoms with E-state index in [1.165, 1.54) is 37.7 Å². The zero-order chi connectivity index (χ0) is 31.6. The minimum absolute atomic E-state index is 0. The van der Waals surface area contributed by atoms with Crippen LogP contribution >= 0.6 is 0 Å². The third-order valence-electron chi connectivity index (χ3n) is 8.48. The van der Waals surface area contributed by atoms with Crippen molar-refractivity contribution in [1.29, 1.82) is 0 Å². The number of ether oxygens (including phenoxy) is 1. The van der Waals surface area contributed by atoms with E-state index in [2.05, 4.69) is 61.2 Å². The Morgan fingerprint density at radius 2 is 1.67 bits per heavy atom. The lowest BCUT2D eigenvalue weighted by Gasteiger charge is -2.37. The standard InChI is InChI=1S/C30H40N4O2.3C2H6.H2/c1-7-20-10-12-21(13-11-20)23-15-14-22(17-24(23)34-16-8-9-25(34)35)27-18(2)26-28(31-6)32-19(3)33-29(26)36-30(27,4)5;3*1-2;/h14-15,17,20-21H,7-13,16H2,1-6H3,(H,31,32,33);3*1-2H3;1H. The first-order chi connectivity index (χ1) is 20.2. The molecule has 0 atom stereocenters. The van der Waals surface area contributed by atoms with Gasteiger partial charge in [0.05, 0.1) is 5.56 Å². The van der Waals surface area contributed by atoms with Gasteiger partial charge in [-0.2, -0.15) is 4.98 Å². The quantitative estimate of drug-likeness (QED) is 0.381. The zero-order valence-electron chi connectivity index (χ0n) is 28.7. The Hall–Kier alpha value is -2.89. The summed E-state index contributed by atoms with van der Waals surface area (Å²) in [6, 6.07) is 6.80. The second-order valence-corrected chi connectivity index (χ2v) is 11.2. The van der Waals surface area contributed by atoms with Gasteiger partial charge < -0.3 is 15.0 Å². The number of allylic oxidation sites excluding steroid dienone is 1. The summed E-state index contributed by atoms with van der Waals surface area (Å²) in [5, 5.41) is 3.23. The smallest absolute Gasteiger partial charge is 0.227 e. The number of anilines is 2. The molecule has 42 heavy (non-hydrogen) atoms. The number of nitrogens with one attached hydrogen (secondary N) is 1. The van der Waals surface area contributed by atoms with Gasteiger partial charge in [0, 0.05) is 32.7 Å². The number of benzene rings is 1. The molecular weight excluding hydrogens is 520 g/mol. The topological polar surface area (TPSA) is 67.4 Å². The van der Waals surface area contributed by atoms with Gasteiger partial charge in [0.2, 0.25) is 11.8 Å². The molecule has 0 spiro atoms. The van der Waals surface area contributed by atoms with Gasteiger partial charge in [0.1, 0.15) is 17.2 Å².